The summed E-state index contributed by atoms with van der Waals surface area (Å²) >= 11 is 1.38. The number of aromatic nitrogens is 2. The van der Waals surface area contributed by atoms with Crippen LogP contribution >= 0.6 is 11.3 Å². The Morgan fingerprint density at radius 2 is 2.26 bits per heavy atom. The van der Waals surface area contributed by atoms with E-state index >= 15 is 0 Å². The number of oxazole rings is 1. The molecule has 2 heterocycles. The van der Waals surface area contributed by atoms with Crippen molar-refractivity contribution in [1.82, 2.24) is 15.3 Å². The maximum atomic E-state index is 12.0. The molecule has 0 radical (unpaired) electrons. The molecule has 0 fully saturated rings. The third kappa shape index (κ3) is 3.18. The van der Waals surface area contributed by atoms with Gasteiger partial charge in [0.05, 0.1) is 12.2 Å². The van der Waals surface area contributed by atoms with Crippen LogP contribution < -0.4 is 11.1 Å². The molecule has 0 aliphatic heterocycles. The Hall–Kier alpha value is -1.73. The number of nitrogens with two attached hydrogens (primary N) is 1. The van der Waals surface area contributed by atoms with E-state index in [0.29, 0.717) is 17.3 Å². The molecule has 0 aromatic carbocycles. The molecule has 0 saturated carbocycles. The van der Waals surface area contributed by atoms with Gasteiger partial charge in [0.15, 0.2) is 0 Å². The van der Waals surface area contributed by atoms with Gasteiger partial charge >= 0.3 is 0 Å². The van der Waals surface area contributed by atoms with Crippen LogP contribution in [0.25, 0.3) is 0 Å². The van der Waals surface area contributed by atoms with Crippen molar-refractivity contribution in [2.24, 2.45) is 5.73 Å². The van der Waals surface area contributed by atoms with Gasteiger partial charge in [-0.25, -0.2) is 9.97 Å². The topological polar surface area (TPSA) is 94.0 Å². The molecule has 2 aromatic rings. The Morgan fingerprint density at radius 1 is 1.53 bits per heavy atom. The fraction of sp³-hybridized carbons (Fsp3) is 0.417. The van der Waals surface area contributed by atoms with Gasteiger partial charge in [-0.15, -0.1) is 11.3 Å². The molecule has 0 aliphatic rings. The molecule has 19 heavy (non-hydrogen) atoms. The van der Waals surface area contributed by atoms with E-state index in [1.54, 1.807) is 18.5 Å². The highest BCUT2D eigenvalue weighted by Crippen LogP contribution is 2.17. The molecule has 102 valence electrons. The summed E-state index contributed by atoms with van der Waals surface area (Å²) in [5, 5.41) is 5.22. The number of hydrogen-bond donors (Lipinski definition) is 2. The van der Waals surface area contributed by atoms with E-state index in [1.807, 2.05) is 13.8 Å². The summed E-state index contributed by atoms with van der Waals surface area (Å²) in [4.78, 5) is 20.3. The summed E-state index contributed by atoms with van der Waals surface area (Å²) in [6.07, 6.45) is 1.62. The second kappa shape index (κ2) is 5.50. The number of aryl methyl sites for hydroxylation is 1. The molecule has 1 amide bonds. The Morgan fingerprint density at radius 3 is 2.79 bits per heavy atom. The summed E-state index contributed by atoms with van der Waals surface area (Å²) in [5.41, 5.74) is 6.08. The molecule has 2 rings (SSSR count). The number of rotatable bonds is 4. The molecule has 0 spiro atoms. The molecule has 6 nitrogen and oxygen atoms in total. The molecule has 2 unspecified atom stereocenters. The number of amides is 1. The number of thiazole rings is 1. The molecule has 7 heteroatoms. The summed E-state index contributed by atoms with van der Waals surface area (Å²) in [6.45, 7) is 5.45. The van der Waals surface area contributed by atoms with Crippen LogP contribution in [0.4, 0.5) is 0 Å². The van der Waals surface area contributed by atoms with Crippen LogP contribution in [0.5, 0.6) is 0 Å². The first-order valence-electron chi connectivity index (χ1n) is 5.91. The van der Waals surface area contributed by atoms with Crippen LogP contribution in [0, 0.1) is 6.92 Å². The monoisotopic (exact) mass is 280 g/mol. The SMILES string of the molecule is Cc1cnc(C(C)NC(=O)c2csc(C(C)N)n2)o1. The van der Waals surface area contributed by atoms with E-state index in [0.717, 1.165) is 5.01 Å². The lowest BCUT2D eigenvalue weighted by molar-refractivity contribution is 0.0929. The van der Waals surface area contributed by atoms with Gasteiger partial charge in [-0.1, -0.05) is 0 Å². The third-order valence-corrected chi connectivity index (χ3v) is 3.55. The van der Waals surface area contributed by atoms with Gasteiger partial charge in [-0.05, 0) is 20.8 Å². The van der Waals surface area contributed by atoms with Crippen LogP contribution in [-0.4, -0.2) is 15.9 Å². The summed E-state index contributed by atoms with van der Waals surface area (Å²) in [6, 6.07) is -0.472. The van der Waals surface area contributed by atoms with Gasteiger partial charge in [0.25, 0.3) is 5.91 Å². The Kier molecular flexibility index (Phi) is 3.96. The van der Waals surface area contributed by atoms with Gasteiger partial charge in [0.1, 0.15) is 22.5 Å². The highest BCUT2D eigenvalue weighted by Gasteiger charge is 2.18. The lowest BCUT2D eigenvalue weighted by Crippen LogP contribution is -2.27. The van der Waals surface area contributed by atoms with Gasteiger partial charge in [0, 0.05) is 5.38 Å². The highest BCUT2D eigenvalue weighted by molar-refractivity contribution is 7.09. The van der Waals surface area contributed by atoms with Crippen LogP contribution in [0.3, 0.4) is 0 Å². The Balaban J connectivity index is 2.04. The Bertz CT molecular complexity index is 576. The average Bonchev–Trinajstić information content (AvgIpc) is 2.96. The van der Waals surface area contributed by atoms with E-state index in [-0.39, 0.29) is 18.0 Å². The third-order valence-electron chi connectivity index (χ3n) is 2.50. The standard InChI is InChI=1S/C12H16N4O2S/c1-6-4-14-11(18-6)8(3)15-10(17)9-5-19-12(16-9)7(2)13/h4-5,7-8H,13H2,1-3H3,(H,15,17). The van der Waals surface area contributed by atoms with Crippen LogP contribution in [0.15, 0.2) is 16.0 Å². The summed E-state index contributed by atoms with van der Waals surface area (Å²) in [7, 11) is 0. The fourth-order valence-electron chi connectivity index (χ4n) is 1.51. The average molecular weight is 280 g/mol. The normalized spacial score (nSPS) is 14.1. The van der Waals surface area contributed by atoms with Crippen LogP contribution in [-0.2, 0) is 0 Å². The Labute approximate surface area is 115 Å². The largest absolute Gasteiger partial charge is 0.444 e. The fourth-order valence-corrected chi connectivity index (χ4v) is 2.26. The first kappa shape index (κ1) is 13.7. The van der Waals surface area contributed by atoms with E-state index in [4.69, 9.17) is 10.2 Å². The molecular weight excluding hydrogens is 264 g/mol. The first-order valence-corrected chi connectivity index (χ1v) is 6.79. The van der Waals surface area contributed by atoms with E-state index in [2.05, 4.69) is 15.3 Å². The van der Waals surface area contributed by atoms with Gasteiger partial charge < -0.3 is 15.5 Å². The second-order valence-corrected chi connectivity index (χ2v) is 5.25. The zero-order valence-corrected chi connectivity index (χ0v) is 11.8. The number of nitrogens with zero attached hydrogens (tertiary/aromatic N) is 2. The van der Waals surface area contributed by atoms with Crippen molar-refractivity contribution >= 4 is 17.2 Å². The van der Waals surface area contributed by atoms with E-state index in [9.17, 15) is 4.79 Å². The smallest absolute Gasteiger partial charge is 0.271 e. The van der Waals surface area contributed by atoms with Crippen molar-refractivity contribution in [3.8, 4) is 0 Å². The van der Waals surface area contributed by atoms with Crippen LogP contribution in [0.1, 0.15) is 53.1 Å². The number of nitrogens with one attached hydrogen (secondary N) is 1. The molecular formula is C12H16N4O2S. The van der Waals surface area contributed by atoms with Crippen molar-refractivity contribution in [1.29, 1.82) is 0 Å². The van der Waals surface area contributed by atoms with Gasteiger partial charge in [0.2, 0.25) is 5.89 Å². The quantitative estimate of drug-likeness (QED) is 0.892. The molecule has 3 N–H and O–H groups in total. The lowest BCUT2D eigenvalue weighted by atomic mass is 10.3. The predicted octanol–water partition coefficient (Wildman–Crippen LogP) is 1.95. The minimum Gasteiger partial charge on any atom is -0.444 e. The van der Waals surface area contributed by atoms with Crippen molar-refractivity contribution in [2.75, 3.05) is 0 Å². The summed E-state index contributed by atoms with van der Waals surface area (Å²) < 4.78 is 5.36. The van der Waals surface area contributed by atoms with Crippen molar-refractivity contribution in [2.45, 2.75) is 32.9 Å². The minimum atomic E-state index is -0.304. The molecule has 0 bridgehead atoms. The molecule has 2 aromatic heterocycles. The molecule has 2 atom stereocenters. The zero-order valence-electron chi connectivity index (χ0n) is 11.0. The van der Waals surface area contributed by atoms with Crippen LogP contribution in [0.2, 0.25) is 0 Å². The number of carbonyl (C=O) groups is 1. The lowest BCUT2D eigenvalue weighted by Gasteiger charge is -2.08. The second-order valence-electron chi connectivity index (χ2n) is 4.36. The van der Waals surface area contributed by atoms with Gasteiger partial charge in [-0.3, -0.25) is 4.79 Å². The van der Waals surface area contributed by atoms with Crippen molar-refractivity contribution < 1.29 is 9.21 Å². The number of carbonyl (C=O) groups excluding carboxylic acids is 1. The molecule has 0 aliphatic carbocycles. The zero-order chi connectivity index (χ0) is 14.0. The molecule has 0 saturated heterocycles. The van der Waals surface area contributed by atoms with Crippen molar-refractivity contribution in [3.05, 3.63) is 33.9 Å². The minimum absolute atomic E-state index is 0.168. The first-order chi connectivity index (χ1) is 8.97. The highest BCUT2D eigenvalue weighted by atomic mass is 32.1. The number of hydrogen-bond acceptors (Lipinski definition) is 6. The predicted molar refractivity (Wildman–Crippen MR) is 71.8 cm³/mol. The maximum Gasteiger partial charge on any atom is 0.271 e. The van der Waals surface area contributed by atoms with Crippen molar-refractivity contribution in [3.63, 3.8) is 0 Å². The van der Waals surface area contributed by atoms with E-state index in [1.165, 1.54) is 11.3 Å². The van der Waals surface area contributed by atoms with E-state index < -0.39 is 0 Å². The summed E-state index contributed by atoms with van der Waals surface area (Å²) in [5.74, 6) is 0.934. The van der Waals surface area contributed by atoms with Gasteiger partial charge in [-0.2, -0.15) is 0 Å². The maximum absolute atomic E-state index is 12.0.